The fourth-order valence-electron chi connectivity index (χ4n) is 5.25. The van der Waals surface area contributed by atoms with E-state index in [2.05, 4.69) is 59.6 Å². The van der Waals surface area contributed by atoms with E-state index in [-0.39, 0.29) is 6.04 Å². The minimum atomic E-state index is 0.143. The van der Waals surface area contributed by atoms with E-state index < -0.39 is 0 Å². The third kappa shape index (κ3) is 4.12. The van der Waals surface area contributed by atoms with Crippen LogP contribution in [0, 0.1) is 0 Å². The second-order valence-electron chi connectivity index (χ2n) is 9.20. The Labute approximate surface area is 198 Å². The van der Waals surface area contributed by atoms with Crippen LogP contribution in [-0.4, -0.2) is 41.2 Å². The third-order valence-corrected chi connectivity index (χ3v) is 8.16. The average Bonchev–Trinajstić information content (AvgIpc) is 3.23. The number of nitrogens with one attached hydrogen (secondary N) is 1. The molecule has 6 rings (SSSR count). The summed E-state index contributed by atoms with van der Waals surface area (Å²) in [5.41, 5.74) is 2.78. The molecule has 4 aromatic rings. The summed E-state index contributed by atoms with van der Waals surface area (Å²) in [6.45, 7) is 6.49. The molecule has 0 spiro atoms. The maximum atomic E-state index is 5.53. The van der Waals surface area contributed by atoms with Crippen LogP contribution in [-0.2, 0) is 24.1 Å². The normalized spacial score (nSPS) is 17.8. The van der Waals surface area contributed by atoms with Gasteiger partial charge in [0.25, 0.3) is 0 Å². The number of hydrogen-bond acceptors (Lipinski definition) is 6. The molecule has 6 heteroatoms. The molecule has 1 aliphatic carbocycles. The van der Waals surface area contributed by atoms with Gasteiger partial charge in [-0.1, -0.05) is 42.5 Å². The quantitative estimate of drug-likeness (QED) is 0.414. The zero-order valence-corrected chi connectivity index (χ0v) is 20.0. The number of aryl methyl sites for hydroxylation is 2. The summed E-state index contributed by atoms with van der Waals surface area (Å²) in [6, 6.07) is 15.3. The smallest absolute Gasteiger partial charge is 0.146 e. The van der Waals surface area contributed by atoms with Crippen LogP contribution in [0.1, 0.15) is 47.6 Å². The first-order valence-electron chi connectivity index (χ1n) is 12.1. The first kappa shape index (κ1) is 21.0. The van der Waals surface area contributed by atoms with Crippen molar-refractivity contribution in [2.75, 3.05) is 31.6 Å². The van der Waals surface area contributed by atoms with Gasteiger partial charge in [-0.25, -0.2) is 9.97 Å². The highest BCUT2D eigenvalue weighted by Crippen LogP contribution is 2.40. The fraction of sp³-hybridized carbons (Fsp3) is 0.407. The summed E-state index contributed by atoms with van der Waals surface area (Å²) in [5.74, 6) is 1.92. The molecule has 0 bridgehead atoms. The second-order valence-corrected chi connectivity index (χ2v) is 10.3. The van der Waals surface area contributed by atoms with E-state index in [4.69, 9.17) is 14.7 Å². The van der Waals surface area contributed by atoms with Crippen LogP contribution in [0.25, 0.3) is 21.0 Å². The zero-order chi connectivity index (χ0) is 22.2. The SMILES string of the molecule is CC(Nc1nc(CN2CCOCC2)nc2sc3c(c12)CCCC3)c1cccc2ccccc12. The second kappa shape index (κ2) is 9.01. The summed E-state index contributed by atoms with van der Waals surface area (Å²) in [4.78, 5) is 15.2. The van der Waals surface area contributed by atoms with Crippen LogP contribution in [0.5, 0.6) is 0 Å². The van der Waals surface area contributed by atoms with Crippen LogP contribution in [0.2, 0.25) is 0 Å². The van der Waals surface area contributed by atoms with Crippen LogP contribution in [0.15, 0.2) is 42.5 Å². The first-order chi connectivity index (χ1) is 16.3. The van der Waals surface area contributed by atoms with Crippen molar-refractivity contribution in [2.24, 2.45) is 0 Å². The van der Waals surface area contributed by atoms with Crippen molar-refractivity contribution < 1.29 is 4.74 Å². The fourth-order valence-corrected chi connectivity index (χ4v) is 6.53. The van der Waals surface area contributed by atoms with Gasteiger partial charge in [-0.2, -0.15) is 0 Å². The Kier molecular flexibility index (Phi) is 5.74. The lowest BCUT2D eigenvalue weighted by Gasteiger charge is -2.26. The topological polar surface area (TPSA) is 50.3 Å². The number of aromatic nitrogens is 2. The van der Waals surface area contributed by atoms with Crippen LogP contribution in [0.4, 0.5) is 5.82 Å². The van der Waals surface area contributed by atoms with E-state index in [1.54, 1.807) is 0 Å². The molecule has 1 aliphatic heterocycles. The molecular formula is C27H30N4OS. The molecule has 33 heavy (non-hydrogen) atoms. The van der Waals surface area contributed by atoms with E-state index in [0.29, 0.717) is 0 Å². The Morgan fingerprint density at radius 3 is 2.76 bits per heavy atom. The van der Waals surface area contributed by atoms with Gasteiger partial charge in [0.05, 0.1) is 31.2 Å². The number of ether oxygens (including phenoxy) is 1. The Balaban J connectivity index is 1.40. The van der Waals surface area contributed by atoms with Crippen molar-refractivity contribution in [1.82, 2.24) is 14.9 Å². The molecule has 1 N–H and O–H groups in total. The van der Waals surface area contributed by atoms with Gasteiger partial charge in [-0.3, -0.25) is 4.90 Å². The van der Waals surface area contributed by atoms with Gasteiger partial charge in [0.1, 0.15) is 16.5 Å². The number of fused-ring (bicyclic) bond motifs is 4. The summed E-state index contributed by atoms with van der Waals surface area (Å²) < 4.78 is 5.53. The van der Waals surface area contributed by atoms with Gasteiger partial charge in [0, 0.05) is 18.0 Å². The van der Waals surface area contributed by atoms with E-state index in [1.807, 2.05) is 11.3 Å². The highest BCUT2D eigenvalue weighted by Gasteiger charge is 2.23. The molecule has 2 aliphatic rings. The predicted octanol–water partition coefficient (Wildman–Crippen LogP) is 5.73. The predicted molar refractivity (Wildman–Crippen MR) is 136 cm³/mol. The molecule has 1 atom stereocenters. The third-order valence-electron chi connectivity index (χ3n) is 6.97. The number of hydrogen-bond donors (Lipinski definition) is 1. The number of morpholine rings is 1. The van der Waals surface area contributed by atoms with Gasteiger partial charge < -0.3 is 10.1 Å². The molecule has 1 unspecified atom stereocenters. The molecule has 1 saturated heterocycles. The highest BCUT2D eigenvalue weighted by atomic mass is 32.1. The van der Waals surface area contributed by atoms with E-state index in [1.165, 1.54) is 51.4 Å². The molecule has 0 amide bonds. The summed E-state index contributed by atoms with van der Waals surface area (Å²) >= 11 is 1.88. The van der Waals surface area contributed by atoms with Crippen molar-refractivity contribution in [3.05, 3.63) is 64.3 Å². The van der Waals surface area contributed by atoms with Crippen LogP contribution < -0.4 is 5.32 Å². The molecule has 5 nitrogen and oxygen atoms in total. The van der Waals surface area contributed by atoms with E-state index >= 15 is 0 Å². The summed E-state index contributed by atoms with van der Waals surface area (Å²) in [5, 5.41) is 7.65. The molecule has 3 heterocycles. The van der Waals surface area contributed by atoms with Crippen LogP contribution in [0.3, 0.4) is 0 Å². The zero-order valence-electron chi connectivity index (χ0n) is 19.1. The minimum Gasteiger partial charge on any atom is -0.379 e. The minimum absolute atomic E-state index is 0.143. The van der Waals surface area contributed by atoms with Crippen molar-refractivity contribution in [2.45, 2.75) is 45.2 Å². The van der Waals surface area contributed by atoms with Gasteiger partial charge in [0.15, 0.2) is 0 Å². The van der Waals surface area contributed by atoms with Crippen molar-refractivity contribution >= 4 is 38.1 Å². The molecule has 1 fully saturated rings. The van der Waals surface area contributed by atoms with Crippen molar-refractivity contribution in [3.8, 4) is 0 Å². The standard InChI is InChI=1S/C27H30N4OS/c1-18(20-11-6-8-19-7-2-3-9-21(19)20)28-26-25-22-10-4-5-12-23(22)33-27(25)30-24(29-26)17-31-13-15-32-16-14-31/h2-3,6-9,11,18H,4-5,10,12-17H2,1H3,(H,28,29,30). The molecule has 170 valence electrons. The Morgan fingerprint density at radius 2 is 1.85 bits per heavy atom. The molecule has 2 aromatic carbocycles. The van der Waals surface area contributed by atoms with Gasteiger partial charge in [0.2, 0.25) is 0 Å². The number of rotatable bonds is 5. The van der Waals surface area contributed by atoms with E-state index in [9.17, 15) is 0 Å². The monoisotopic (exact) mass is 458 g/mol. The summed E-state index contributed by atoms with van der Waals surface area (Å²) in [6.07, 6.45) is 4.85. The van der Waals surface area contributed by atoms with Crippen molar-refractivity contribution in [3.63, 3.8) is 0 Å². The molecular weight excluding hydrogens is 428 g/mol. The Hall–Kier alpha value is -2.54. The number of thiophene rings is 1. The first-order valence-corrected chi connectivity index (χ1v) is 12.9. The van der Waals surface area contributed by atoms with Gasteiger partial charge >= 0.3 is 0 Å². The summed E-state index contributed by atoms with van der Waals surface area (Å²) in [7, 11) is 0. The number of benzene rings is 2. The lowest BCUT2D eigenvalue weighted by atomic mass is 9.96. The lowest BCUT2D eigenvalue weighted by Crippen LogP contribution is -2.36. The largest absolute Gasteiger partial charge is 0.379 e. The Morgan fingerprint density at radius 1 is 1.03 bits per heavy atom. The number of nitrogens with zero attached hydrogens (tertiary/aromatic N) is 3. The van der Waals surface area contributed by atoms with Gasteiger partial charge in [-0.05, 0) is 54.5 Å². The Bertz CT molecular complexity index is 1290. The molecule has 0 radical (unpaired) electrons. The number of anilines is 1. The maximum absolute atomic E-state index is 5.53. The van der Waals surface area contributed by atoms with Gasteiger partial charge in [-0.15, -0.1) is 11.3 Å². The van der Waals surface area contributed by atoms with Crippen molar-refractivity contribution in [1.29, 1.82) is 0 Å². The molecule has 0 saturated carbocycles. The van der Waals surface area contributed by atoms with Crippen LogP contribution >= 0.6 is 11.3 Å². The highest BCUT2D eigenvalue weighted by molar-refractivity contribution is 7.19. The average molecular weight is 459 g/mol. The molecule has 2 aromatic heterocycles. The van der Waals surface area contributed by atoms with E-state index in [0.717, 1.165) is 55.7 Å². The lowest BCUT2D eigenvalue weighted by molar-refractivity contribution is 0.0331. The maximum Gasteiger partial charge on any atom is 0.146 e.